The number of imide groups is 2. The van der Waals surface area contributed by atoms with Crippen LogP contribution in [-0.2, 0) is 25.8 Å². The van der Waals surface area contributed by atoms with Crippen molar-refractivity contribution < 1.29 is 33.9 Å². The molecule has 0 radical (unpaired) electrons. The molecule has 0 unspecified atom stereocenters. The number of amides is 4. The third-order valence-electron chi connectivity index (χ3n) is 11.1. The van der Waals surface area contributed by atoms with E-state index in [1.54, 1.807) is 49.4 Å². The number of carbonyl (C=O) groups excluding carboxylic acids is 4. The average Bonchev–Trinajstić information content (AvgIpc) is 3.51. The van der Waals surface area contributed by atoms with Gasteiger partial charge in [0.1, 0.15) is 18.1 Å². The van der Waals surface area contributed by atoms with Crippen molar-refractivity contribution in [2.45, 2.75) is 32.3 Å². The Morgan fingerprint density at radius 3 is 2.24 bits per heavy atom. The van der Waals surface area contributed by atoms with Crippen molar-refractivity contribution in [3.05, 3.63) is 136 Å². The van der Waals surface area contributed by atoms with Gasteiger partial charge in [-0.2, -0.15) is 0 Å². The first kappa shape index (κ1) is 32.1. The van der Waals surface area contributed by atoms with Crippen LogP contribution in [0.3, 0.4) is 0 Å². The number of ether oxygens (including phenoxy) is 1. The van der Waals surface area contributed by atoms with Crippen LogP contribution in [0.15, 0.2) is 115 Å². The number of phenolic OH excluding ortho intramolecular Hbond substituents is 1. The number of carbonyl (C=O) groups is 4. The summed E-state index contributed by atoms with van der Waals surface area (Å²) in [5.74, 6) is -5.43. The van der Waals surface area contributed by atoms with Gasteiger partial charge in [0.15, 0.2) is 0 Å². The van der Waals surface area contributed by atoms with Crippen molar-refractivity contribution in [2.75, 3.05) is 9.80 Å². The van der Waals surface area contributed by atoms with Crippen LogP contribution in [0.1, 0.15) is 36.8 Å². The molecule has 8 rings (SSSR count). The highest BCUT2D eigenvalue weighted by Gasteiger charge is 2.68. The van der Waals surface area contributed by atoms with Crippen molar-refractivity contribution in [3.8, 4) is 11.5 Å². The molecule has 4 aliphatic rings. The minimum absolute atomic E-state index is 0.110. The lowest BCUT2D eigenvalue weighted by Gasteiger charge is -2.49. The Labute approximate surface area is 292 Å². The molecule has 2 heterocycles. The third-order valence-corrected chi connectivity index (χ3v) is 11.1. The molecular formula is C40H33N3O8. The lowest BCUT2D eigenvalue weighted by Crippen LogP contribution is -2.48. The third kappa shape index (κ3) is 4.94. The van der Waals surface area contributed by atoms with E-state index in [2.05, 4.69) is 0 Å². The second-order valence-corrected chi connectivity index (χ2v) is 13.8. The highest BCUT2D eigenvalue weighted by molar-refractivity contribution is 6.25. The van der Waals surface area contributed by atoms with Crippen molar-refractivity contribution in [1.82, 2.24) is 0 Å². The molecule has 2 saturated heterocycles. The van der Waals surface area contributed by atoms with Crippen LogP contribution >= 0.6 is 0 Å². The Bertz CT molecular complexity index is 2150. The van der Waals surface area contributed by atoms with E-state index < -0.39 is 63.6 Å². The highest BCUT2D eigenvalue weighted by Crippen LogP contribution is 2.64. The zero-order chi connectivity index (χ0) is 35.6. The second-order valence-electron chi connectivity index (χ2n) is 13.8. The number of hydrogen-bond donors (Lipinski definition) is 1. The lowest BCUT2D eigenvalue weighted by atomic mass is 9.51. The van der Waals surface area contributed by atoms with Gasteiger partial charge in [-0.15, -0.1) is 0 Å². The van der Waals surface area contributed by atoms with Gasteiger partial charge in [-0.1, -0.05) is 72.3 Å². The average molecular weight is 684 g/mol. The van der Waals surface area contributed by atoms with Crippen LogP contribution in [-0.4, -0.2) is 33.7 Å². The predicted molar refractivity (Wildman–Crippen MR) is 186 cm³/mol. The highest BCUT2D eigenvalue weighted by atomic mass is 16.6. The molecule has 1 saturated carbocycles. The summed E-state index contributed by atoms with van der Waals surface area (Å²) in [5, 5.41) is 23.2. The van der Waals surface area contributed by atoms with E-state index in [1.165, 1.54) is 35.2 Å². The van der Waals surface area contributed by atoms with Gasteiger partial charge in [-0.25, -0.2) is 9.80 Å². The molecule has 1 N–H and O–H groups in total. The first-order valence-corrected chi connectivity index (χ1v) is 16.8. The van der Waals surface area contributed by atoms with Crippen LogP contribution in [0, 0.1) is 39.2 Å². The summed E-state index contributed by atoms with van der Waals surface area (Å²) in [7, 11) is 0. The summed E-state index contributed by atoms with van der Waals surface area (Å²) in [6.07, 6.45) is 2.21. The molecule has 11 nitrogen and oxygen atoms in total. The van der Waals surface area contributed by atoms with Gasteiger partial charge in [-0.05, 0) is 55.5 Å². The molecule has 2 aliphatic carbocycles. The summed E-state index contributed by atoms with van der Waals surface area (Å²) in [5.41, 5.74) is 1.01. The van der Waals surface area contributed by atoms with Gasteiger partial charge < -0.3 is 9.84 Å². The van der Waals surface area contributed by atoms with Crippen LogP contribution in [0.25, 0.3) is 0 Å². The molecule has 256 valence electrons. The van der Waals surface area contributed by atoms with E-state index in [0.29, 0.717) is 22.6 Å². The molecule has 0 bridgehead atoms. The monoisotopic (exact) mass is 683 g/mol. The molecule has 4 aromatic carbocycles. The van der Waals surface area contributed by atoms with E-state index >= 15 is 0 Å². The van der Waals surface area contributed by atoms with Gasteiger partial charge in [0.2, 0.25) is 23.6 Å². The van der Waals surface area contributed by atoms with Gasteiger partial charge in [0, 0.05) is 29.7 Å². The predicted octanol–water partition coefficient (Wildman–Crippen LogP) is 6.31. The smallest absolute Gasteiger partial charge is 0.271 e. The Morgan fingerprint density at radius 1 is 0.824 bits per heavy atom. The molecule has 0 spiro atoms. The van der Waals surface area contributed by atoms with Crippen molar-refractivity contribution >= 4 is 40.7 Å². The maximum absolute atomic E-state index is 14.6. The molecule has 4 aromatic rings. The molecular weight excluding hydrogens is 650 g/mol. The maximum Gasteiger partial charge on any atom is 0.271 e. The number of anilines is 2. The summed E-state index contributed by atoms with van der Waals surface area (Å²) in [4.78, 5) is 70.4. The molecule has 6 atom stereocenters. The Morgan fingerprint density at radius 2 is 1.53 bits per heavy atom. The Hall–Kier alpha value is -6.10. The zero-order valence-corrected chi connectivity index (χ0v) is 27.5. The van der Waals surface area contributed by atoms with Gasteiger partial charge >= 0.3 is 0 Å². The van der Waals surface area contributed by atoms with Crippen molar-refractivity contribution in [1.29, 1.82) is 0 Å². The zero-order valence-electron chi connectivity index (χ0n) is 27.5. The number of fused-ring (bicyclic) bond motifs is 4. The van der Waals surface area contributed by atoms with E-state index in [9.17, 15) is 34.4 Å². The first-order chi connectivity index (χ1) is 24.6. The van der Waals surface area contributed by atoms with E-state index in [4.69, 9.17) is 4.74 Å². The molecule has 0 aromatic heterocycles. The topological polar surface area (TPSA) is 147 Å². The number of non-ortho nitro benzene ring substituents is 1. The molecule has 51 heavy (non-hydrogen) atoms. The van der Waals surface area contributed by atoms with Crippen molar-refractivity contribution in [3.63, 3.8) is 0 Å². The normalized spacial score (nSPS) is 26.8. The molecule has 3 fully saturated rings. The SMILES string of the molecule is C[C@@]12C(=O)N(c3ccccc3)C(=O)[C@@H]1C[C@@H]1C(=CC[C@@H]3C(=O)N(c4cccc([N+](=O)[O-])c4)C(=O)[C@@H]31)[C@@H]2c1ccc(OCc2ccccc2)cc1O. The molecule has 2 aliphatic heterocycles. The van der Waals surface area contributed by atoms with Gasteiger partial charge in [-0.3, -0.25) is 29.3 Å². The van der Waals surface area contributed by atoms with Gasteiger partial charge in [0.25, 0.3) is 5.69 Å². The number of aromatic hydroxyl groups is 1. The fourth-order valence-corrected chi connectivity index (χ4v) is 8.78. The number of rotatable bonds is 7. The number of nitro groups is 1. The standard InChI is InChI=1S/C40H33N3O8/c1-40-32(37(46)42(39(40)48)24-11-6-3-7-12-24)21-31-28(35(40)29-16-15-27(20-33(29)44)51-22-23-9-4-2-5-10-23)17-18-30-34(31)38(47)41(36(30)45)25-13-8-14-26(19-25)43(49)50/h2-17,19-20,30-32,34-35,44H,18,21-22H2,1H3/t30-,31+,32-,34-,35+,40+/m0/s1. The van der Waals surface area contributed by atoms with Crippen LogP contribution in [0.2, 0.25) is 0 Å². The first-order valence-electron chi connectivity index (χ1n) is 16.8. The quantitative estimate of drug-likeness (QED) is 0.103. The molecule has 4 amide bonds. The van der Waals surface area contributed by atoms with Gasteiger partial charge in [0.05, 0.1) is 39.5 Å². The fourth-order valence-electron chi connectivity index (χ4n) is 8.78. The van der Waals surface area contributed by atoms with Crippen LogP contribution in [0.4, 0.5) is 17.1 Å². The summed E-state index contributed by atoms with van der Waals surface area (Å²) >= 11 is 0. The number of hydrogen-bond acceptors (Lipinski definition) is 8. The number of allylic oxidation sites excluding steroid dienone is 2. The number of phenols is 1. The summed E-state index contributed by atoms with van der Waals surface area (Å²) < 4.78 is 5.97. The number of para-hydroxylation sites is 1. The Kier molecular flexibility index (Phi) is 7.59. The minimum atomic E-state index is -1.34. The maximum atomic E-state index is 14.6. The second kappa shape index (κ2) is 12.0. The largest absolute Gasteiger partial charge is 0.508 e. The summed E-state index contributed by atoms with van der Waals surface area (Å²) in [6.45, 7) is 2.03. The van der Waals surface area contributed by atoms with Crippen LogP contribution in [0.5, 0.6) is 11.5 Å². The van der Waals surface area contributed by atoms with E-state index in [1.807, 2.05) is 36.4 Å². The minimum Gasteiger partial charge on any atom is -0.508 e. The summed E-state index contributed by atoms with van der Waals surface area (Å²) in [6, 6.07) is 28.6. The molecule has 11 heteroatoms. The number of nitrogens with zero attached hydrogens (tertiary/aromatic N) is 3. The lowest BCUT2D eigenvalue weighted by molar-refractivity contribution is -0.384. The van der Waals surface area contributed by atoms with E-state index in [0.717, 1.165) is 10.5 Å². The van der Waals surface area contributed by atoms with E-state index in [-0.39, 0.29) is 36.6 Å². The number of benzene rings is 4. The number of nitro benzene ring substituents is 1. The van der Waals surface area contributed by atoms with Crippen molar-refractivity contribution in [2.24, 2.45) is 29.1 Å². The van der Waals surface area contributed by atoms with Crippen LogP contribution < -0.4 is 14.5 Å². The fraction of sp³-hybridized carbons (Fsp3) is 0.250. The Balaban J connectivity index is 1.21.